The van der Waals surface area contributed by atoms with Crippen molar-refractivity contribution >= 4 is 17.5 Å². The lowest BCUT2D eigenvalue weighted by molar-refractivity contribution is -0.122. The summed E-state index contributed by atoms with van der Waals surface area (Å²) in [6.07, 6.45) is 7.55. The van der Waals surface area contributed by atoms with Gasteiger partial charge in [0.15, 0.2) is 0 Å². The number of anilines is 2. The third-order valence-electron chi connectivity index (χ3n) is 4.98. The molecule has 2 rings (SSSR count). The molecule has 1 aromatic rings. The van der Waals surface area contributed by atoms with Crippen molar-refractivity contribution in [2.75, 3.05) is 29.9 Å². The lowest BCUT2D eigenvalue weighted by atomic mass is 9.93. The topological polar surface area (TPSA) is 70.2 Å². The van der Waals surface area contributed by atoms with E-state index in [0.29, 0.717) is 18.4 Å². The minimum absolute atomic E-state index is 0.197. The van der Waals surface area contributed by atoms with Crippen LogP contribution in [0.2, 0.25) is 0 Å². The molecule has 25 heavy (non-hydrogen) atoms. The summed E-state index contributed by atoms with van der Waals surface area (Å²) in [6, 6.07) is 2.34. The molecule has 1 saturated heterocycles. The van der Waals surface area contributed by atoms with E-state index in [4.69, 9.17) is 0 Å². The van der Waals surface area contributed by atoms with Crippen LogP contribution in [-0.4, -0.2) is 41.6 Å². The average Bonchev–Trinajstić information content (AvgIpc) is 2.65. The van der Waals surface area contributed by atoms with Crippen molar-refractivity contribution in [3.8, 4) is 0 Å². The number of hydrogen-bond acceptors (Lipinski definition) is 5. The maximum Gasteiger partial charge on any atom is 0.220 e. The zero-order valence-corrected chi connectivity index (χ0v) is 15.9. The second kappa shape index (κ2) is 10.2. The quantitative estimate of drug-likeness (QED) is 0.718. The van der Waals surface area contributed by atoms with E-state index >= 15 is 0 Å². The number of nitrogens with zero attached hydrogens (tertiary/aromatic N) is 3. The van der Waals surface area contributed by atoms with Crippen molar-refractivity contribution in [1.29, 1.82) is 0 Å². The number of carbonyl (C=O) groups is 1. The van der Waals surface area contributed by atoms with Crippen molar-refractivity contribution in [3.63, 3.8) is 0 Å². The SMILES string of the molecule is CCNc1cc(N2CCC[C@H](CCC(=O)NC(CC)CC)C2)ncn1. The van der Waals surface area contributed by atoms with Gasteiger partial charge in [0, 0.05) is 38.2 Å². The van der Waals surface area contributed by atoms with E-state index in [2.05, 4.69) is 46.3 Å². The molecule has 2 N–H and O–H groups in total. The lowest BCUT2D eigenvalue weighted by Crippen LogP contribution is -2.37. The Kier molecular flexibility index (Phi) is 7.95. The van der Waals surface area contributed by atoms with Gasteiger partial charge in [-0.2, -0.15) is 0 Å². The van der Waals surface area contributed by atoms with Crippen LogP contribution in [0, 0.1) is 5.92 Å². The molecule has 0 bridgehead atoms. The van der Waals surface area contributed by atoms with Crippen LogP contribution in [0.15, 0.2) is 12.4 Å². The first kappa shape index (κ1) is 19.5. The maximum atomic E-state index is 12.1. The largest absolute Gasteiger partial charge is 0.370 e. The molecular weight excluding hydrogens is 314 g/mol. The molecule has 0 aromatic carbocycles. The van der Waals surface area contributed by atoms with Crippen LogP contribution in [0.1, 0.15) is 59.3 Å². The number of amides is 1. The van der Waals surface area contributed by atoms with Gasteiger partial charge >= 0.3 is 0 Å². The summed E-state index contributed by atoms with van der Waals surface area (Å²) in [7, 11) is 0. The molecule has 1 aromatic heterocycles. The molecule has 140 valence electrons. The van der Waals surface area contributed by atoms with E-state index in [1.807, 2.05) is 6.07 Å². The molecule has 1 aliphatic heterocycles. The standard InChI is InChI=1S/C19H33N5O/c1-4-16(5-2)23-19(25)10-9-15-8-7-11-24(13-15)18-12-17(20-6-3)21-14-22-18/h12,14-16H,4-11,13H2,1-3H3,(H,23,25)(H,20,21,22)/t15-/m1/s1. The summed E-state index contributed by atoms with van der Waals surface area (Å²) in [6.45, 7) is 9.16. The minimum atomic E-state index is 0.197. The third kappa shape index (κ3) is 6.18. The van der Waals surface area contributed by atoms with Gasteiger partial charge in [-0.1, -0.05) is 13.8 Å². The summed E-state index contributed by atoms with van der Waals surface area (Å²) < 4.78 is 0. The average molecular weight is 348 g/mol. The minimum Gasteiger partial charge on any atom is -0.370 e. The van der Waals surface area contributed by atoms with Gasteiger partial charge in [0.1, 0.15) is 18.0 Å². The first-order chi connectivity index (χ1) is 12.2. The zero-order chi connectivity index (χ0) is 18.1. The fourth-order valence-corrected chi connectivity index (χ4v) is 3.43. The number of rotatable bonds is 9. The number of piperidine rings is 1. The van der Waals surface area contributed by atoms with E-state index in [0.717, 1.165) is 57.0 Å². The summed E-state index contributed by atoms with van der Waals surface area (Å²) in [5.41, 5.74) is 0. The van der Waals surface area contributed by atoms with Gasteiger partial charge in [-0.25, -0.2) is 9.97 Å². The number of hydrogen-bond donors (Lipinski definition) is 2. The predicted octanol–water partition coefficient (Wildman–Crippen LogP) is 3.21. The summed E-state index contributed by atoms with van der Waals surface area (Å²) in [4.78, 5) is 23.1. The molecule has 6 nitrogen and oxygen atoms in total. The highest BCUT2D eigenvalue weighted by molar-refractivity contribution is 5.76. The van der Waals surface area contributed by atoms with Gasteiger partial charge < -0.3 is 15.5 Å². The molecule has 1 fully saturated rings. The molecule has 0 aliphatic carbocycles. The molecule has 2 heterocycles. The fraction of sp³-hybridized carbons (Fsp3) is 0.737. The molecule has 1 atom stereocenters. The first-order valence-electron chi connectivity index (χ1n) is 9.76. The van der Waals surface area contributed by atoms with Crippen LogP contribution in [-0.2, 0) is 4.79 Å². The van der Waals surface area contributed by atoms with Crippen molar-refractivity contribution in [3.05, 3.63) is 12.4 Å². The Morgan fingerprint density at radius 3 is 2.84 bits per heavy atom. The number of nitrogens with one attached hydrogen (secondary N) is 2. The molecular formula is C19H33N5O. The Bertz CT molecular complexity index is 532. The lowest BCUT2D eigenvalue weighted by Gasteiger charge is -2.33. The molecule has 0 unspecified atom stereocenters. The second-order valence-corrected chi connectivity index (χ2v) is 6.87. The van der Waals surface area contributed by atoms with Crippen LogP contribution in [0.5, 0.6) is 0 Å². The number of carbonyl (C=O) groups excluding carboxylic acids is 1. The second-order valence-electron chi connectivity index (χ2n) is 6.87. The normalized spacial score (nSPS) is 17.6. The van der Waals surface area contributed by atoms with E-state index in [9.17, 15) is 4.79 Å². The maximum absolute atomic E-state index is 12.1. The van der Waals surface area contributed by atoms with Crippen LogP contribution < -0.4 is 15.5 Å². The van der Waals surface area contributed by atoms with Crippen molar-refractivity contribution in [2.45, 2.75) is 65.3 Å². The van der Waals surface area contributed by atoms with Crippen LogP contribution in [0.3, 0.4) is 0 Å². The summed E-state index contributed by atoms with van der Waals surface area (Å²) in [5.74, 6) is 2.61. The molecule has 1 aliphatic rings. The van der Waals surface area contributed by atoms with Crippen LogP contribution in [0.25, 0.3) is 0 Å². The van der Waals surface area contributed by atoms with Gasteiger partial charge in [0.05, 0.1) is 0 Å². The fourth-order valence-electron chi connectivity index (χ4n) is 3.43. The molecule has 1 amide bonds. The Morgan fingerprint density at radius 1 is 1.32 bits per heavy atom. The van der Waals surface area contributed by atoms with Crippen LogP contribution >= 0.6 is 0 Å². The monoisotopic (exact) mass is 347 g/mol. The van der Waals surface area contributed by atoms with Crippen molar-refractivity contribution in [1.82, 2.24) is 15.3 Å². The molecule has 0 saturated carbocycles. The molecule has 0 radical (unpaired) electrons. The molecule has 0 spiro atoms. The predicted molar refractivity (Wildman–Crippen MR) is 103 cm³/mol. The Hall–Kier alpha value is -1.85. The first-order valence-corrected chi connectivity index (χ1v) is 9.76. The number of aromatic nitrogens is 2. The van der Waals surface area contributed by atoms with Gasteiger partial charge in [-0.3, -0.25) is 4.79 Å². The Morgan fingerprint density at radius 2 is 2.12 bits per heavy atom. The van der Waals surface area contributed by atoms with E-state index in [1.165, 1.54) is 6.42 Å². The van der Waals surface area contributed by atoms with E-state index < -0.39 is 0 Å². The van der Waals surface area contributed by atoms with Crippen LogP contribution in [0.4, 0.5) is 11.6 Å². The summed E-state index contributed by atoms with van der Waals surface area (Å²) in [5, 5.41) is 6.38. The van der Waals surface area contributed by atoms with Crippen molar-refractivity contribution < 1.29 is 4.79 Å². The van der Waals surface area contributed by atoms with Gasteiger partial charge in [0.25, 0.3) is 0 Å². The zero-order valence-electron chi connectivity index (χ0n) is 15.9. The van der Waals surface area contributed by atoms with Gasteiger partial charge in [0.2, 0.25) is 5.91 Å². The molecule has 6 heteroatoms. The highest BCUT2D eigenvalue weighted by atomic mass is 16.1. The van der Waals surface area contributed by atoms with Gasteiger partial charge in [-0.15, -0.1) is 0 Å². The van der Waals surface area contributed by atoms with E-state index in [1.54, 1.807) is 6.33 Å². The third-order valence-corrected chi connectivity index (χ3v) is 4.98. The highest BCUT2D eigenvalue weighted by Gasteiger charge is 2.22. The highest BCUT2D eigenvalue weighted by Crippen LogP contribution is 2.25. The smallest absolute Gasteiger partial charge is 0.220 e. The Labute approximate surface area is 151 Å². The Balaban J connectivity index is 1.84. The van der Waals surface area contributed by atoms with Crippen molar-refractivity contribution in [2.24, 2.45) is 5.92 Å². The van der Waals surface area contributed by atoms with E-state index in [-0.39, 0.29) is 5.91 Å². The summed E-state index contributed by atoms with van der Waals surface area (Å²) >= 11 is 0. The van der Waals surface area contributed by atoms with Gasteiger partial charge in [-0.05, 0) is 44.9 Å².